The number of nitrogens with zero attached hydrogens (tertiary/aromatic N) is 1. The summed E-state index contributed by atoms with van der Waals surface area (Å²) in [6.45, 7) is 0.746. The van der Waals surface area contributed by atoms with Gasteiger partial charge in [0.1, 0.15) is 0 Å². The Morgan fingerprint density at radius 2 is 1.04 bits per heavy atom. The molecule has 0 fully saturated rings. The molecule has 266 valence electrons. The van der Waals surface area contributed by atoms with Crippen molar-refractivity contribution >= 4 is 22.1 Å². The maximum Gasteiger partial charge on any atom is 0.0731 e. The molecular formula is C56H37N. The number of benzene rings is 9. The summed E-state index contributed by atoms with van der Waals surface area (Å²) >= 11 is 0. The van der Waals surface area contributed by atoms with Gasteiger partial charge in [-0.2, -0.15) is 0 Å². The van der Waals surface area contributed by atoms with Crippen molar-refractivity contribution < 1.29 is 0 Å². The van der Waals surface area contributed by atoms with Gasteiger partial charge in [-0.3, -0.25) is 0 Å². The number of fused-ring (bicyclic) bond motifs is 18. The van der Waals surface area contributed by atoms with Crippen LogP contribution in [0.5, 0.6) is 0 Å². The van der Waals surface area contributed by atoms with E-state index < -0.39 is 5.41 Å². The molecule has 1 unspecified atom stereocenters. The van der Waals surface area contributed by atoms with Crippen LogP contribution >= 0.6 is 0 Å². The van der Waals surface area contributed by atoms with Crippen molar-refractivity contribution in [2.24, 2.45) is 0 Å². The van der Waals surface area contributed by atoms with Crippen LogP contribution in [0.15, 0.2) is 188 Å². The molecule has 0 bridgehead atoms. The van der Waals surface area contributed by atoms with Crippen LogP contribution < -0.4 is 4.90 Å². The molecule has 0 N–H and O–H groups in total. The fourth-order valence-corrected chi connectivity index (χ4v) is 11.4. The van der Waals surface area contributed by atoms with E-state index in [0.29, 0.717) is 0 Å². The van der Waals surface area contributed by atoms with Crippen LogP contribution in [0.4, 0.5) is 11.4 Å². The smallest absolute Gasteiger partial charge is 0.0731 e. The first-order valence-electron chi connectivity index (χ1n) is 20.3. The first kappa shape index (κ1) is 31.3. The fraction of sp³-hybridized carbons (Fsp3) is 0.0714. The molecule has 4 aliphatic rings. The van der Waals surface area contributed by atoms with Gasteiger partial charge in [-0.05, 0) is 130 Å². The lowest BCUT2D eigenvalue weighted by Gasteiger charge is -2.32. The summed E-state index contributed by atoms with van der Waals surface area (Å²) in [7, 11) is 0. The van der Waals surface area contributed by atoms with Crippen LogP contribution in [0, 0.1) is 0 Å². The molecule has 57 heavy (non-hydrogen) atoms. The van der Waals surface area contributed by atoms with Crippen LogP contribution in [-0.2, 0) is 24.8 Å². The molecule has 1 nitrogen and oxygen atoms in total. The Hall–Kier alpha value is -6.96. The van der Waals surface area contributed by atoms with E-state index in [-0.39, 0.29) is 0 Å². The zero-order chi connectivity index (χ0) is 37.2. The predicted octanol–water partition coefficient (Wildman–Crippen LogP) is 13.7. The molecule has 1 spiro atoms. The average molecular weight is 724 g/mol. The molecule has 0 saturated carbocycles. The molecule has 0 amide bonds. The summed E-state index contributed by atoms with van der Waals surface area (Å²) in [4.78, 5) is 2.63. The quantitative estimate of drug-likeness (QED) is 0.175. The Bertz CT molecular complexity index is 3180. The number of rotatable bonds is 4. The molecule has 0 saturated heterocycles. The van der Waals surface area contributed by atoms with Gasteiger partial charge in [0, 0.05) is 24.3 Å². The second-order valence-electron chi connectivity index (χ2n) is 16.3. The minimum absolute atomic E-state index is 0.422. The van der Waals surface area contributed by atoms with Gasteiger partial charge in [-0.15, -0.1) is 0 Å². The SMILES string of the molecule is c1ccc2c(c1)Cc1cc(N(Cc3cccc4c3-c3ccccc3C43c4ccccc4-c4ccc5ccccc5c43)c3cccc4c3Cc3ccccc3-4)ccc1-2. The molecule has 0 aliphatic heterocycles. The molecule has 13 rings (SSSR count). The van der Waals surface area contributed by atoms with Crippen LogP contribution in [-0.4, -0.2) is 0 Å². The van der Waals surface area contributed by atoms with Crippen molar-refractivity contribution in [1.82, 2.24) is 0 Å². The van der Waals surface area contributed by atoms with Crippen molar-refractivity contribution in [1.29, 1.82) is 0 Å². The van der Waals surface area contributed by atoms with Gasteiger partial charge >= 0.3 is 0 Å². The lowest BCUT2D eigenvalue weighted by atomic mass is 9.69. The summed E-state index contributed by atoms with van der Waals surface area (Å²) in [5.41, 5.74) is 25.5. The van der Waals surface area contributed by atoms with Crippen LogP contribution in [0.2, 0.25) is 0 Å². The second-order valence-corrected chi connectivity index (χ2v) is 16.3. The molecule has 9 aromatic carbocycles. The fourth-order valence-electron chi connectivity index (χ4n) is 11.4. The maximum atomic E-state index is 2.63. The summed E-state index contributed by atoms with van der Waals surface area (Å²) in [5.74, 6) is 0. The topological polar surface area (TPSA) is 3.24 Å². The van der Waals surface area contributed by atoms with Crippen molar-refractivity contribution in [3.63, 3.8) is 0 Å². The highest BCUT2D eigenvalue weighted by molar-refractivity contribution is 6.04. The van der Waals surface area contributed by atoms with Crippen molar-refractivity contribution in [2.75, 3.05) is 4.90 Å². The maximum absolute atomic E-state index is 2.63. The van der Waals surface area contributed by atoms with Gasteiger partial charge in [0.25, 0.3) is 0 Å². The molecule has 4 aliphatic carbocycles. The highest BCUT2D eigenvalue weighted by Gasteiger charge is 2.52. The minimum atomic E-state index is -0.422. The van der Waals surface area contributed by atoms with Gasteiger partial charge < -0.3 is 4.90 Å². The normalized spacial score (nSPS) is 15.7. The Morgan fingerprint density at radius 1 is 0.421 bits per heavy atom. The van der Waals surface area contributed by atoms with Crippen molar-refractivity contribution in [3.8, 4) is 44.5 Å². The largest absolute Gasteiger partial charge is 0.337 e. The molecule has 0 aromatic heterocycles. The zero-order valence-corrected chi connectivity index (χ0v) is 31.5. The second kappa shape index (κ2) is 11.5. The van der Waals surface area contributed by atoms with Crippen LogP contribution in [0.1, 0.15) is 50.1 Å². The summed E-state index contributed by atoms with van der Waals surface area (Å²) < 4.78 is 0. The number of hydrogen-bond donors (Lipinski definition) is 0. The highest BCUT2D eigenvalue weighted by atomic mass is 15.1. The molecule has 1 heteroatoms. The third kappa shape index (κ3) is 4.13. The van der Waals surface area contributed by atoms with E-state index in [0.717, 1.165) is 19.4 Å². The minimum Gasteiger partial charge on any atom is -0.337 e. The highest BCUT2D eigenvalue weighted by Crippen LogP contribution is 2.64. The van der Waals surface area contributed by atoms with Gasteiger partial charge in [0.15, 0.2) is 0 Å². The standard InChI is InChI=1S/C56H37N/c1-6-19-44-35(13-1)27-29-47-46-20-7-9-23-50(46)56(55(44)47)51-24-10-8-21-48(51)54-38(16-11-25-52(54)56)34-57(40-28-30-43-39(32-40)31-36-14-2-4-17-41(36)43)53-26-12-22-45-42-18-5-3-15-37(42)33-49(45)53/h1-30,32H,31,33-34H2. The number of anilines is 2. The number of hydrogen-bond acceptors (Lipinski definition) is 1. The van der Waals surface area contributed by atoms with Crippen molar-refractivity contribution in [3.05, 3.63) is 238 Å². The molecule has 0 radical (unpaired) electrons. The Morgan fingerprint density at radius 3 is 1.89 bits per heavy atom. The molecule has 9 aromatic rings. The first-order chi connectivity index (χ1) is 28.3. The van der Waals surface area contributed by atoms with E-state index >= 15 is 0 Å². The van der Waals surface area contributed by atoms with Crippen molar-refractivity contribution in [2.45, 2.75) is 24.8 Å². The monoisotopic (exact) mass is 723 g/mol. The van der Waals surface area contributed by atoms with E-state index in [1.807, 2.05) is 0 Å². The van der Waals surface area contributed by atoms with E-state index in [1.165, 1.54) is 117 Å². The van der Waals surface area contributed by atoms with Gasteiger partial charge in [0.2, 0.25) is 0 Å². The molecule has 1 atom stereocenters. The molecule has 0 heterocycles. The average Bonchev–Trinajstić information content (AvgIpc) is 4.01. The summed E-state index contributed by atoms with van der Waals surface area (Å²) in [6.07, 6.45) is 1.91. The van der Waals surface area contributed by atoms with E-state index in [9.17, 15) is 0 Å². The zero-order valence-electron chi connectivity index (χ0n) is 31.5. The Kier molecular flexibility index (Phi) is 6.33. The molecular weight excluding hydrogens is 687 g/mol. The summed E-state index contributed by atoms with van der Waals surface area (Å²) in [5, 5.41) is 2.62. The van der Waals surface area contributed by atoms with Crippen LogP contribution in [0.3, 0.4) is 0 Å². The lowest BCUT2D eigenvalue weighted by Crippen LogP contribution is -2.26. The summed E-state index contributed by atoms with van der Waals surface area (Å²) in [6, 6.07) is 71.3. The Labute approximate surface area is 333 Å². The third-order valence-electron chi connectivity index (χ3n) is 13.6. The first-order valence-corrected chi connectivity index (χ1v) is 20.3. The lowest BCUT2D eigenvalue weighted by molar-refractivity contribution is 0.799. The predicted molar refractivity (Wildman–Crippen MR) is 235 cm³/mol. The van der Waals surface area contributed by atoms with Crippen LogP contribution in [0.25, 0.3) is 55.3 Å². The Balaban J connectivity index is 1.05. The van der Waals surface area contributed by atoms with Gasteiger partial charge in [-0.1, -0.05) is 170 Å². The van der Waals surface area contributed by atoms with Gasteiger partial charge in [-0.25, -0.2) is 0 Å². The van der Waals surface area contributed by atoms with E-state index in [1.54, 1.807) is 0 Å². The van der Waals surface area contributed by atoms with Gasteiger partial charge in [0.05, 0.1) is 5.41 Å². The van der Waals surface area contributed by atoms with E-state index in [2.05, 4.69) is 193 Å². The third-order valence-corrected chi connectivity index (χ3v) is 13.6. The van der Waals surface area contributed by atoms with E-state index in [4.69, 9.17) is 0 Å².